The number of imidazole rings is 1. The van der Waals surface area contributed by atoms with Crippen LogP contribution >= 0.6 is 11.6 Å². The Morgan fingerprint density at radius 3 is 2.28 bits per heavy atom. The van der Waals surface area contributed by atoms with Crippen molar-refractivity contribution < 1.29 is 17.9 Å². The van der Waals surface area contributed by atoms with Gasteiger partial charge in [0.2, 0.25) is 0 Å². The maximum Gasteiger partial charge on any atom is 0.344 e. The van der Waals surface area contributed by atoms with E-state index in [0.717, 1.165) is 3.97 Å². The molecule has 1 heterocycles. The second-order valence-corrected chi connectivity index (χ2v) is 11.6. The van der Waals surface area contributed by atoms with Crippen LogP contribution in [0.25, 0.3) is 11.0 Å². The van der Waals surface area contributed by atoms with E-state index in [1.54, 1.807) is 31.2 Å². The van der Waals surface area contributed by atoms with Crippen LogP contribution in [0.3, 0.4) is 0 Å². The number of hydrogen-bond donors (Lipinski definition) is 1. The van der Waals surface area contributed by atoms with Gasteiger partial charge in [-0.1, -0.05) is 48.9 Å². The molecule has 1 N–H and O–H groups in total. The summed E-state index contributed by atoms with van der Waals surface area (Å²) in [4.78, 5) is 30.2. The van der Waals surface area contributed by atoms with Gasteiger partial charge in [-0.15, -0.1) is 0 Å². The smallest absolute Gasteiger partial charge is 0.344 e. The van der Waals surface area contributed by atoms with Gasteiger partial charge in [-0.3, -0.25) is 9.36 Å². The molecule has 206 valence electrons. The molecule has 0 aliphatic carbocycles. The number of ether oxygens (including phenoxy) is 1. The highest BCUT2D eigenvalue weighted by Crippen LogP contribution is 2.34. The van der Waals surface area contributed by atoms with Crippen LogP contribution in [0.1, 0.15) is 18.9 Å². The molecule has 0 aliphatic rings. The van der Waals surface area contributed by atoms with E-state index in [4.69, 9.17) is 16.3 Å². The van der Waals surface area contributed by atoms with Gasteiger partial charge in [-0.25, -0.2) is 13.2 Å². The number of likely N-dealkylation sites (N-methyl/N-ethyl adjacent to an activating group) is 1. The largest absolute Gasteiger partial charge is 0.497 e. The molecule has 0 bridgehead atoms. The van der Waals surface area contributed by atoms with Gasteiger partial charge in [0, 0.05) is 18.1 Å². The lowest BCUT2D eigenvalue weighted by atomic mass is 9.85. The summed E-state index contributed by atoms with van der Waals surface area (Å²) in [6.07, 6.45) is 0.166. The lowest BCUT2D eigenvalue weighted by Crippen LogP contribution is -2.54. The molecular weight excluding hydrogens is 540 g/mol. The molecule has 0 aliphatic heterocycles. The van der Waals surface area contributed by atoms with E-state index in [0.29, 0.717) is 29.4 Å². The monoisotopic (exact) mass is 570 g/mol. The number of aromatic nitrogens is 2. The number of fused-ring (bicyclic) bond motifs is 1. The van der Waals surface area contributed by atoms with Crippen LogP contribution in [-0.4, -0.2) is 62.1 Å². The first-order chi connectivity index (χ1) is 18.6. The molecule has 4 rings (SSSR count). The van der Waals surface area contributed by atoms with Crippen LogP contribution in [-0.2, 0) is 20.4 Å². The Kier molecular flexibility index (Phi) is 8.20. The van der Waals surface area contributed by atoms with Gasteiger partial charge in [-0.05, 0) is 68.5 Å². The molecule has 0 saturated carbocycles. The van der Waals surface area contributed by atoms with Gasteiger partial charge in [0.15, 0.2) is 5.54 Å². The van der Waals surface area contributed by atoms with Crippen molar-refractivity contribution in [2.24, 2.45) is 0 Å². The second-order valence-electron chi connectivity index (χ2n) is 9.34. The molecule has 39 heavy (non-hydrogen) atoms. The molecule has 0 radical (unpaired) electrons. The van der Waals surface area contributed by atoms with Crippen molar-refractivity contribution in [2.75, 3.05) is 34.3 Å². The molecule has 11 heteroatoms. The van der Waals surface area contributed by atoms with Crippen molar-refractivity contribution in [3.63, 3.8) is 0 Å². The number of methoxy groups -OCH3 is 1. The SMILES string of the molecule is CCC(C(=O)NCCN(C)C)(c1ccccc1)n1c(=O)n(S(=O)(=O)c2ccc(OC)cc2)c2ccc(Cl)cc21. The number of halogens is 1. The average molecular weight is 571 g/mol. The van der Waals surface area contributed by atoms with Crippen LogP contribution in [0, 0.1) is 0 Å². The van der Waals surface area contributed by atoms with Crippen LogP contribution < -0.4 is 15.7 Å². The zero-order chi connectivity index (χ0) is 28.4. The Morgan fingerprint density at radius 2 is 1.69 bits per heavy atom. The molecule has 3 aromatic carbocycles. The maximum absolute atomic E-state index is 14.3. The Balaban J connectivity index is 2.05. The summed E-state index contributed by atoms with van der Waals surface area (Å²) in [5.74, 6) is 0.0417. The normalized spacial score (nSPS) is 13.4. The van der Waals surface area contributed by atoms with E-state index in [1.165, 1.54) is 54.1 Å². The van der Waals surface area contributed by atoms with Crippen molar-refractivity contribution in [3.05, 3.63) is 93.9 Å². The summed E-state index contributed by atoms with van der Waals surface area (Å²) in [5.41, 5.74) is -1.57. The standard InChI is InChI=1S/C28H31ClN4O5S/c1-5-28(20-9-7-6-8-10-20,26(34)30-17-18-31(2)3)32-25-19-21(29)11-16-24(25)33(27(32)35)39(36,37)23-14-12-22(38-4)13-15-23/h6-16,19H,5,17-18H2,1-4H3,(H,30,34). The van der Waals surface area contributed by atoms with Gasteiger partial charge in [0.1, 0.15) is 5.75 Å². The van der Waals surface area contributed by atoms with Crippen molar-refractivity contribution in [3.8, 4) is 5.75 Å². The highest BCUT2D eigenvalue weighted by Gasteiger charge is 2.44. The van der Waals surface area contributed by atoms with Crippen LogP contribution in [0.15, 0.2) is 82.5 Å². The first-order valence-corrected chi connectivity index (χ1v) is 14.2. The fraction of sp³-hybridized carbons (Fsp3) is 0.286. The van der Waals surface area contributed by atoms with E-state index in [2.05, 4.69) is 5.32 Å². The van der Waals surface area contributed by atoms with Crippen LogP contribution in [0.2, 0.25) is 5.02 Å². The van der Waals surface area contributed by atoms with E-state index in [1.807, 2.05) is 25.1 Å². The number of amides is 1. The Hall–Kier alpha value is -3.60. The first kappa shape index (κ1) is 28.4. The van der Waals surface area contributed by atoms with Crippen LogP contribution in [0.4, 0.5) is 0 Å². The predicted molar refractivity (Wildman–Crippen MR) is 152 cm³/mol. The zero-order valence-electron chi connectivity index (χ0n) is 22.2. The topological polar surface area (TPSA) is 103 Å². The third-order valence-corrected chi connectivity index (χ3v) is 8.66. The minimum Gasteiger partial charge on any atom is -0.497 e. The fourth-order valence-electron chi connectivity index (χ4n) is 4.74. The molecule has 0 spiro atoms. The maximum atomic E-state index is 14.3. The van der Waals surface area contributed by atoms with Gasteiger partial charge in [0.25, 0.3) is 15.9 Å². The minimum atomic E-state index is -4.37. The number of nitrogens with zero attached hydrogens (tertiary/aromatic N) is 3. The molecule has 0 saturated heterocycles. The van der Waals surface area contributed by atoms with Crippen molar-refractivity contribution >= 4 is 38.6 Å². The number of carbonyl (C=O) groups excluding carboxylic acids is 1. The molecule has 4 aromatic rings. The molecule has 0 fully saturated rings. The number of nitrogens with one attached hydrogen (secondary N) is 1. The summed E-state index contributed by atoms with van der Waals surface area (Å²) < 4.78 is 35.0. The summed E-state index contributed by atoms with van der Waals surface area (Å²) in [6.45, 7) is 2.70. The Labute approximate surface area is 232 Å². The third-order valence-electron chi connectivity index (χ3n) is 6.72. The highest BCUT2D eigenvalue weighted by atomic mass is 35.5. The Bertz CT molecular complexity index is 1650. The summed E-state index contributed by atoms with van der Waals surface area (Å²) in [5, 5.41) is 3.25. The molecule has 1 atom stereocenters. The highest BCUT2D eigenvalue weighted by molar-refractivity contribution is 7.90. The minimum absolute atomic E-state index is 0.100. The fourth-order valence-corrected chi connectivity index (χ4v) is 6.29. The zero-order valence-corrected chi connectivity index (χ0v) is 23.8. The first-order valence-electron chi connectivity index (χ1n) is 12.4. The number of rotatable bonds is 10. The third kappa shape index (κ3) is 5.07. The van der Waals surface area contributed by atoms with E-state index in [9.17, 15) is 18.0 Å². The van der Waals surface area contributed by atoms with Gasteiger partial charge in [-0.2, -0.15) is 3.97 Å². The van der Waals surface area contributed by atoms with E-state index in [-0.39, 0.29) is 22.3 Å². The lowest BCUT2D eigenvalue weighted by Gasteiger charge is -2.33. The molecule has 1 amide bonds. The van der Waals surface area contributed by atoms with E-state index >= 15 is 0 Å². The van der Waals surface area contributed by atoms with Gasteiger partial charge in [0.05, 0.1) is 23.0 Å². The lowest BCUT2D eigenvalue weighted by molar-refractivity contribution is -0.128. The molecule has 1 unspecified atom stereocenters. The second kappa shape index (κ2) is 11.3. The summed E-state index contributed by atoms with van der Waals surface area (Å²) >= 11 is 6.36. The quantitative estimate of drug-likeness (QED) is 0.313. The molecular formula is C28H31ClN4O5S. The number of hydrogen-bond acceptors (Lipinski definition) is 6. The van der Waals surface area contributed by atoms with Crippen molar-refractivity contribution in [2.45, 2.75) is 23.8 Å². The number of benzene rings is 3. The van der Waals surface area contributed by atoms with E-state index < -0.39 is 27.2 Å². The molecule has 1 aromatic heterocycles. The summed E-state index contributed by atoms with van der Waals surface area (Å²) in [7, 11) is 0.882. The Morgan fingerprint density at radius 1 is 1.03 bits per heavy atom. The van der Waals surface area contributed by atoms with Gasteiger partial charge >= 0.3 is 5.69 Å². The van der Waals surface area contributed by atoms with Crippen LogP contribution in [0.5, 0.6) is 5.75 Å². The summed E-state index contributed by atoms with van der Waals surface area (Å²) in [6, 6.07) is 19.1. The average Bonchev–Trinajstić information content (AvgIpc) is 3.22. The van der Waals surface area contributed by atoms with Crippen molar-refractivity contribution in [1.29, 1.82) is 0 Å². The number of carbonyl (C=O) groups is 1. The molecule has 9 nitrogen and oxygen atoms in total. The van der Waals surface area contributed by atoms with Crippen molar-refractivity contribution in [1.82, 2.24) is 18.8 Å². The predicted octanol–water partition coefficient (Wildman–Crippen LogP) is 3.53. The van der Waals surface area contributed by atoms with Gasteiger partial charge < -0.3 is 15.0 Å².